The topological polar surface area (TPSA) is 52.3 Å². The molecule has 0 saturated heterocycles. The van der Waals surface area contributed by atoms with Gasteiger partial charge in [-0.05, 0) is 47.5 Å². The summed E-state index contributed by atoms with van der Waals surface area (Å²) in [6.07, 6.45) is 3.43. The lowest BCUT2D eigenvalue weighted by molar-refractivity contribution is -0.110. The number of rotatable bonds is 6. The number of ketones is 1. The van der Waals surface area contributed by atoms with Gasteiger partial charge >= 0.3 is 12.1 Å². The molecule has 2 aromatic carbocycles. The first-order valence-electron chi connectivity index (χ1n) is 7.18. The molecule has 0 heterocycles. The summed E-state index contributed by atoms with van der Waals surface area (Å²) in [6, 6.07) is 10.7. The van der Waals surface area contributed by atoms with Crippen molar-refractivity contribution in [3.05, 3.63) is 83.9 Å². The van der Waals surface area contributed by atoms with Gasteiger partial charge in [-0.1, -0.05) is 36.4 Å². The summed E-state index contributed by atoms with van der Waals surface area (Å²) >= 11 is 0. The molecule has 128 valence electrons. The lowest BCUT2D eigenvalue weighted by Crippen LogP contribution is -1.90. The molecule has 0 bridgehead atoms. The maximum Gasteiger partial charge on any atom is 0.344 e. The molecule has 2 rings (SSSR count). The standard InChI is InChI=1S/C19H14F3NO2/c20-18(21)19(22)25-17-11-5-14(6-12-17)4-10-16(24)9-3-13-1-7-15(23)8-2-13/h1-12H,23H2. The van der Waals surface area contributed by atoms with Gasteiger partial charge in [0.2, 0.25) is 0 Å². The molecular weight excluding hydrogens is 331 g/mol. The number of carbonyl (C=O) groups excluding carboxylic acids is 1. The Hall–Kier alpha value is -3.28. The van der Waals surface area contributed by atoms with Crippen molar-refractivity contribution in [2.24, 2.45) is 0 Å². The molecule has 0 aliphatic carbocycles. The molecule has 0 aliphatic heterocycles. The van der Waals surface area contributed by atoms with Gasteiger partial charge in [-0.25, -0.2) is 0 Å². The van der Waals surface area contributed by atoms with Gasteiger partial charge in [-0.2, -0.15) is 13.2 Å². The molecule has 0 amide bonds. The Morgan fingerprint density at radius 3 is 1.80 bits per heavy atom. The minimum atomic E-state index is -2.53. The van der Waals surface area contributed by atoms with Crippen molar-refractivity contribution in [2.75, 3.05) is 5.73 Å². The van der Waals surface area contributed by atoms with Crippen LogP contribution >= 0.6 is 0 Å². The first-order chi connectivity index (χ1) is 11.9. The van der Waals surface area contributed by atoms with Crippen LogP contribution in [0.15, 0.2) is 72.8 Å². The Morgan fingerprint density at radius 2 is 1.32 bits per heavy atom. The minimum Gasteiger partial charge on any atom is -0.428 e. The first kappa shape index (κ1) is 18.1. The van der Waals surface area contributed by atoms with Gasteiger partial charge in [0, 0.05) is 5.69 Å². The molecule has 6 heteroatoms. The average molecular weight is 345 g/mol. The number of anilines is 1. The molecule has 0 fully saturated rings. The van der Waals surface area contributed by atoms with Crippen LogP contribution in [0.5, 0.6) is 5.75 Å². The zero-order valence-corrected chi connectivity index (χ0v) is 13.0. The van der Waals surface area contributed by atoms with E-state index in [9.17, 15) is 18.0 Å². The monoisotopic (exact) mass is 345 g/mol. The van der Waals surface area contributed by atoms with Crippen molar-refractivity contribution in [1.82, 2.24) is 0 Å². The fraction of sp³-hybridized carbons (Fsp3) is 0. The Labute approximate surface area is 142 Å². The predicted molar refractivity (Wildman–Crippen MR) is 91.3 cm³/mol. The molecule has 3 nitrogen and oxygen atoms in total. The fourth-order valence-electron chi connectivity index (χ4n) is 1.81. The van der Waals surface area contributed by atoms with E-state index in [0.29, 0.717) is 11.3 Å². The lowest BCUT2D eigenvalue weighted by atomic mass is 10.1. The summed E-state index contributed by atoms with van der Waals surface area (Å²) in [7, 11) is 0. The number of halogens is 3. The zero-order chi connectivity index (χ0) is 18.2. The molecular formula is C19H14F3NO2. The van der Waals surface area contributed by atoms with Gasteiger partial charge in [0.1, 0.15) is 5.75 Å². The first-order valence-corrected chi connectivity index (χ1v) is 7.18. The van der Waals surface area contributed by atoms with Crippen LogP contribution < -0.4 is 10.5 Å². The quantitative estimate of drug-likeness (QED) is 0.456. The highest BCUT2D eigenvalue weighted by atomic mass is 19.3. The molecule has 0 aliphatic rings. The largest absolute Gasteiger partial charge is 0.428 e. The van der Waals surface area contributed by atoms with Crippen LogP contribution in [0.3, 0.4) is 0 Å². The van der Waals surface area contributed by atoms with E-state index >= 15 is 0 Å². The van der Waals surface area contributed by atoms with Gasteiger partial charge in [0.25, 0.3) is 0 Å². The van der Waals surface area contributed by atoms with Crippen molar-refractivity contribution in [1.29, 1.82) is 0 Å². The highest BCUT2D eigenvalue weighted by Crippen LogP contribution is 2.19. The number of nitrogen functional groups attached to an aromatic ring is 1. The SMILES string of the molecule is Nc1ccc(C=CC(=O)C=Cc2ccc(OC(F)=C(F)F)cc2)cc1. The summed E-state index contributed by atoms with van der Waals surface area (Å²) in [6.45, 7) is 0. The van der Waals surface area contributed by atoms with Crippen LogP contribution in [0.4, 0.5) is 18.9 Å². The van der Waals surface area contributed by atoms with Gasteiger partial charge in [0.05, 0.1) is 0 Å². The molecule has 0 atom stereocenters. The normalized spacial score (nSPS) is 11.0. The van der Waals surface area contributed by atoms with Gasteiger partial charge < -0.3 is 10.5 Å². The third-order valence-corrected chi connectivity index (χ3v) is 3.05. The second-order valence-corrected chi connectivity index (χ2v) is 4.94. The van der Waals surface area contributed by atoms with Crippen LogP contribution in [-0.4, -0.2) is 5.78 Å². The minimum absolute atomic E-state index is 0.0722. The van der Waals surface area contributed by atoms with Crippen molar-refractivity contribution >= 4 is 23.6 Å². The van der Waals surface area contributed by atoms with Gasteiger partial charge in [-0.15, -0.1) is 0 Å². The van der Waals surface area contributed by atoms with Crippen molar-refractivity contribution in [3.8, 4) is 5.75 Å². The maximum absolute atomic E-state index is 12.6. The number of benzene rings is 2. The van der Waals surface area contributed by atoms with E-state index in [2.05, 4.69) is 4.74 Å². The molecule has 25 heavy (non-hydrogen) atoms. The summed E-state index contributed by atoms with van der Waals surface area (Å²) in [5.41, 5.74) is 7.69. The maximum atomic E-state index is 12.6. The predicted octanol–water partition coefficient (Wildman–Crippen LogP) is 4.98. The lowest BCUT2D eigenvalue weighted by Gasteiger charge is -2.01. The third kappa shape index (κ3) is 6.02. The van der Waals surface area contributed by atoms with Gasteiger partial charge in [-0.3, -0.25) is 4.79 Å². The number of allylic oxidation sites excluding steroid dienone is 2. The van der Waals surface area contributed by atoms with Crippen molar-refractivity contribution in [3.63, 3.8) is 0 Å². The summed E-state index contributed by atoms with van der Waals surface area (Å²) < 4.78 is 40.8. The summed E-state index contributed by atoms with van der Waals surface area (Å²) in [5.74, 6) is -0.303. The second-order valence-electron chi connectivity index (χ2n) is 4.94. The van der Waals surface area contributed by atoms with E-state index < -0.39 is 12.1 Å². The van der Waals surface area contributed by atoms with E-state index in [-0.39, 0.29) is 11.5 Å². The van der Waals surface area contributed by atoms with E-state index in [1.807, 2.05) is 0 Å². The molecule has 2 N–H and O–H groups in total. The summed E-state index contributed by atoms with van der Waals surface area (Å²) in [5, 5.41) is 0. The molecule has 0 aromatic heterocycles. The zero-order valence-electron chi connectivity index (χ0n) is 13.0. The Bertz CT molecular complexity index is 819. The van der Waals surface area contributed by atoms with Gasteiger partial charge in [0.15, 0.2) is 5.78 Å². The highest BCUT2D eigenvalue weighted by molar-refractivity contribution is 6.04. The summed E-state index contributed by atoms with van der Waals surface area (Å²) in [4.78, 5) is 11.8. The van der Waals surface area contributed by atoms with Crippen molar-refractivity contribution < 1.29 is 22.7 Å². The van der Waals surface area contributed by atoms with E-state index in [1.165, 1.54) is 36.4 Å². The van der Waals surface area contributed by atoms with Crippen molar-refractivity contribution in [2.45, 2.75) is 0 Å². The second kappa shape index (κ2) is 8.54. The van der Waals surface area contributed by atoms with Crippen LogP contribution in [-0.2, 0) is 4.79 Å². The molecule has 0 spiro atoms. The Balaban J connectivity index is 1.95. The molecule has 0 saturated carbocycles. The van der Waals surface area contributed by atoms with E-state index in [0.717, 1.165) is 5.56 Å². The highest BCUT2D eigenvalue weighted by Gasteiger charge is 2.07. The molecule has 0 radical (unpaired) electrons. The van der Waals surface area contributed by atoms with Crippen LogP contribution in [0.1, 0.15) is 11.1 Å². The average Bonchev–Trinajstić information content (AvgIpc) is 2.60. The number of hydrogen-bond acceptors (Lipinski definition) is 3. The van der Waals surface area contributed by atoms with Crippen LogP contribution in [0, 0.1) is 0 Å². The van der Waals surface area contributed by atoms with E-state index in [4.69, 9.17) is 5.73 Å². The fourth-order valence-corrected chi connectivity index (χ4v) is 1.81. The third-order valence-electron chi connectivity index (χ3n) is 3.05. The smallest absolute Gasteiger partial charge is 0.344 e. The molecule has 0 unspecified atom stereocenters. The number of ether oxygens (including phenoxy) is 1. The molecule has 2 aromatic rings. The van der Waals surface area contributed by atoms with Crippen LogP contribution in [0.25, 0.3) is 12.2 Å². The van der Waals surface area contributed by atoms with E-state index in [1.54, 1.807) is 36.4 Å². The number of carbonyl (C=O) groups is 1. The Morgan fingerprint density at radius 1 is 0.840 bits per heavy atom. The van der Waals surface area contributed by atoms with Crippen LogP contribution in [0.2, 0.25) is 0 Å². The number of hydrogen-bond donors (Lipinski definition) is 1. The Kier molecular flexibility index (Phi) is 6.17. The number of nitrogens with two attached hydrogens (primary N) is 1.